The zero-order chi connectivity index (χ0) is 25.7. The molecule has 1 aliphatic heterocycles. The fourth-order valence-electron chi connectivity index (χ4n) is 4.31. The number of ether oxygens (including phenoxy) is 2. The van der Waals surface area contributed by atoms with Crippen LogP contribution in [0.3, 0.4) is 0 Å². The van der Waals surface area contributed by atoms with Gasteiger partial charge in [0.15, 0.2) is 6.17 Å². The van der Waals surface area contributed by atoms with Crippen LogP contribution < -0.4 is 14.8 Å². The van der Waals surface area contributed by atoms with Gasteiger partial charge in [0.25, 0.3) is 5.91 Å². The highest BCUT2D eigenvalue weighted by Gasteiger charge is 2.41. The number of halogens is 1. The minimum atomic E-state index is -1.50. The Morgan fingerprint density at radius 3 is 2.47 bits per heavy atom. The largest absolute Gasteiger partial charge is 0.495 e. The van der Waals surface area contributed by atoms with E-state index in [2.05, 4.69) is 34.3 Å². The van der Waals surface area contributed by atoms with Crippen LogP contribution in [0.5, 0.6) is 11.6 Å². The lowest BCUT2D eigenvalue weighted by atomic mass is 9.94. The second kappa shape index (κ2) is 10.8. The van der Waals surface area contributed by atoms with E-state index < -0.39 is 12.1 Å². The summed E-state index contributed by atoms with van der Waals surface area (Å²) in [5, 5.41) is 22.5. The average Bonchev–Trinajstić information content (AvgIpc) is 3.19. The smallest absolute Gasteiger partial charge is 0.255 e. The summed E-state index contributed by atoms with van der Waals surface area (Å²) in [6.45, 7) is 2.08. The van der Waals surface area contributed by atoms with Crippen molar-refractivity contribution >= 4 is 16.7 Å². The molecule has 180 valence electrons. The molecule has 7 nitrogen and oxygen atoms in total. The molecule has 0 unspecified atom stereocenters. The third-order valence-corrected chi connectivity index (χ3v) is 6.26. The number of alkyl halides is 1. The topological polar surface area (TPSA) is 108 Å². The van der Waals surface area contributed by atoms with Crippen LogP contribution in [0, 0.1) is 40.4 Å². The van der Waals surface area contributed by atoms with E-state index in [4.69, 9.17) is 14.7 Å². The Morgan fingerprint density at radius 1 is 1.06 bits per heavy atom. The van der Waals surface area contributed by atoms with E-state index in [1.165, 1.54) is 7.11 Å². The standard InChI is InChI=1S/C28H23FN4O3/c1-3-21-24(33-27(34)26(21)29)10-11-36-28-23-13-25(35-2)20(15-31)12-22(23)19(16-32-28)9-8-17-4-6-18(14-30)7-5-17/h4-7,12-13,16,21,24,26H,3,10-11H2,1-2H3,(H,33,34)/t21-,24+,26-/m0/s1. The predicted octanol–water partition coefficient (Wildman–Crippen LogP) is 4.02. The van der Waals surface area contributed by atoms with E-state index in [1.54, 1.807) is 42.6 Å². The number of carbonyl (C=O) groups is 1. The Hall–Kier alpha value is -4.61. The fourth-order valence-corrected chi connectivity index (χ4v) is 4.31. The van der Waals surface area contributed by atoms with E-state index in [9.17, 15) is 14.4 Å². The first kappa shape index (κ1) is 24.5. The minimum Gasteiger partial charge on any atom is -0.495 e. The molecule has 0 saturated carbocycles. The zero-order valence-corrected chi connectivity index (χ0v) is 19.8. The molecule has 2 heterocycles. The highest BCUT2D eigenvalue weighted by atomic mass is 19.1. The van der Waals surface area contributed by atoms with Crippen molar-refractivity contribution in [1.82, 2.24) is 10.3 Å². The van der Waals surface area contributed by atoms with Crippen LogP contribution in [0.4, 0.5) is 4.39 Å². The molecule has 36 heavy (non-hydrogen) atoms. The number of benzene rings is 2. The number of nitriles is 2. The Kier molecular flexibility index (Phi) is 7.33. The van der Waals surface area contributed by atoms with Gasteiger partial charge >= 0.3 is 0 Å². The van der Waals surface area contributed by atoms with Gasteiger partial charge in [-0.1, -0.05) is 18.8 Å². The summed E-state index contributed by atoms with van der Waals surface area (Å²) in [6.07, 6.45) is 1.06. The van der Waals surface area contributed by atoms with Gasteiger partial charge in [-0.15, -0.1) is 0 Å². The van der Waals surface area contributed by atoms with Crippen molar-refractivity contribution in [3.8, 4) is 35.6 Å². The van der Waals surface area contributed by atoms with Gasteiger partial charge in [-0.05, 0) is 42.8 Å². The summed E-state index contributed by atoms with van der Waals surface area (Å²) in [6, 6.07) is 14.2. The van der Waals surface area contributed by atoms with E-state index in [0.29, 0.717) is 51.9 Å². The maximum Gasteiger partial charge on any atom is 0.255 e. The Labute approximate surface area is 208 Å². The summed E-state index contributed by atoms with van der Waals surface area (Å²) in [5.41, 5.74) is 2.21. The van der Waals surface area contributed by atoms with Crippen LogP contribution in [0.25, 0.3) is 10.8 Å². The van der Waals surface area contributed by atoms with Crippen molar-refractivity contribution in [2.24, 2.45) is 5.92 Å². The summed E-state index contributed by atoms with van der Waals surface area (Å²) < 4.78 is 25.4. The number of hydrogen-bond acceptors (Lipinski definition) is 6. The molecule has 0 bridgehead atoms. The quantitative estimate of drug-likeness (QED) is 0.532. The lowest BCUT2D eigenvalue weighted by molar-refractivity contribution is -0.123. The molecule has 3 atom stereocenters. The fraction of sp³-hybridized carbons (Fsp3) is 0.286. The van der Waals surface area contributed by atoms with Crippen molar-refractivity contribution in [2.75, 3.05) is 13.7 Å². The first-order valence-electron chi connectivity index (χ1n) is 11.5. The van der Waals surface area contributed by atoms with Gasteiger partial charge in [0.2, 0.25) is 5.88 Å². The highest BCUT2D eigenvalue weighted by molar-refractivity contribution is 5.94. The molecule has 1 amide bonds. The lowest BCUT2D eigenvalue weighted by Gasteiger charge is -2.18. The number of pyridine rings is 1. The molecule has 1 N–H and O–H groups in total. The Morgan fingerprint density at radius 2 is 1.81 bits per heavy atom. The molecule has 2 aromatic carbocycles. The SMILES string of the molecule is CC[C@@H]1[C@H](F)C(=O)N[C@@H]1CCOc1ncc(C#Cc2ccc(C#N)cc2)c2cc(C#N)c(OC)cc12. The van der Waals surface area contributed by atoms with Crippen LogP contribution in [0.2, 0.25) is 0 Å². The van der Waals surface area contributed by atoms with Gasteiger partial charge in [-0.2, -0.15) is 10.5 Å². The van der Waals surface area contributed by atoms with Crippen molar-refractivity contribution < 1.29 is 18.7 Å². The van der Waals surface area contributed by atoms with Crippen LogP contribution in [-0.2, 0) is 4.79 Å². The second-order valence-corrected chi connectivity index (χ2v) is 8.35. The summed E-state index contributed by atoms with van der Waals surface area (Å²) in [4.78, 5) is 16.2. The highest BCUT2D eigenvalue weighted by Crippen LogP contribution is 2.33. The molecule has 0 radical (unpaired) electrons. The van der Waals surface area contributed by atoms with Crippen molar-refractivity contribution in [2.45, 2.75) is 32.0 Å². The second-order valence-electron chi connectivity index (χ2n) is 8.35. The number of carbonyl (C=O) groups excluding carboxylic acids is 1. The molecular formula is C28H23FN4O3. The summed E-state index contributed by atoms with van der Waals surface area (Å²) in [5.74, 6) is 5.89. The molecule has 1 aromatic heterocycles. The molecule has 0 spiro atoms. The van der Waals surface area contributed by atoms with Crippen molar-refractivity contribution in [3.63, 3.8) is 0 Å². The number of methoxy groups -OCH3 is 1. The molecule has 3 aromatic rings. The van der Waals surface area contributed by atoms with Gasteiger partial charge in [-0.25, -0.2) is 9.37 Å². The third-order valence-electron chi connectivity index (χ3n) is 6.26. The third kappa shape index (κ3) is 4.92. The Bertz CT molecular complexity index is 1440. The number of nitrogens with zero attached hydrogens (tertiary/aromatic N) is 3. The molecule has 1 fully saturated rings. The van der Waals surface area contributed by atoms with E-state index in [-0.39, 0.29) is 18.6 Å². The van der Waals surface area contributed by atoms with Crippen LogP contribution >= 0.6 is 0 Å². The number of aromatic nitrogens is 1. The van der Waals surface area contributed by atoms with Gasteiger partial charge in [0, 0.05) is 40.9 Å². The normalized spacial score (nSPS) is 18.5. The molecular weight excluding hydrogens is 459 g/mol. The average molecular weight is 483 g/mol. The van der Waals surface area contributed by atoms with E-state index >= 15 is 0 Å². The molecule has 8 heteroatoms. The van der Waals surface area contributed by atoms with Gasteiger partial charge in [0.1, 0.15) is 11.8 Å². The molecule has 1 saturated heterocycles. The first-order valence-corrected chi connectivity index (χ1v) is 11.5. The zero-order valence-electron chi connectivity index (χ0n) is 19.8. The Balaban J connectivity index is 1.64. The predicted molar refractivity (Wildman–Crippen MR) is 131 cm³/mol. The summed E-state index contributed by atoms with van der Waals surface area (Å²) in [7, 11) is 1.48. The van der Waals surface area contributed by atoms with Crippen LogP contribution in [-0.4, -0.2) is 36.8 Å². The minimum absolute atomic E-state index is 0.217. The van der Waals surface area contributed by atoms with Gasteiger partial charge in [0.05, 0.1) is 36.5 Å². The van der Waals surface area contributed by atoms with E-state index in [0.717, 1.165) is 5.56 Å². The molecule has 4 rings (SSSR count). The molecule has 0 aliphatic carbocycles. The summed E-state index contributed by atoms with van der Waals surface area (Å²) >= 11 is 0. The monoisotopic (exact) mass is 482 g/mol. The maximum atomic E-state index is 14.1. The van der Waals surface area contributed by atoms with Crippen molar-refractivity contribution in [3.05, 3.63) is 64.8 Å². The number of nitrogens with one attached hydrogen (secondary N) is 1. The maximum absolute atomic E-state index is 14.1. The number of hydrogen-bond donors (Lipinski definition) is 1. The van der Waals surface area contributed by atoms with Gasteiger partial charge < -0.3 is 14.8 Å². The van der Waals surface area contributed by atoms with E-state index in [1.807, 2.05) is 6.92 Å². The van der Waals surface area contributed by atoms with Crippen LogP contribution in [0.15, 0.2) is 42.6 Å². The first-order chi connectivity index (χ1) is 17.5. The van der Waals surface area contributed by atoms with Gasteiger partial charge in [-0.3, -0.25) is 4.79 Å². The van der Waals surface area contributed by atoms with Crippen molar-refractivity contribution in [1.29, 1.82) is 10.5 Å². The lowest BCUT2D eigenvalue weighted by Crippen LogP contribution is -2.30. The number of amides is 1. The van der Waals surface area contributed by atoms with Crippen LogP contribution in [0.1, 0.15) is 42.0 Å². The number of rotatable bonds is 6. The molecule has 1 aliphatic rings. The number of fused-ring (bicyclic) bond motifs is 1.